The summed E-state index contributed by atoms with van der Waals surface area (Å²) in [7, 11) is -1.42. The molecule has 0 aliphatic heterocycles. The molecule has 0 aliphatic carbocycles. The number of aromatic nitrogens is 3. The topological polar surface area (TPSA) is 72.1 Å². The second-order valence-electron chi connectivity index (χ2n) is 5.34. The molecule has 27 heavy (non-hydrogen) atoms. The molecule has 0 amide bonds. The molecule has 0 bridgehead atoms. The van der Waals surface area contributed by atoms with Crippen molar-refractivity contribution in [1.82, 2.24) is 15.2 Å². The molecule has 0 saturated carbocycles. The Morgan fingerprint density at radius 2 is 2.04 bits per heavy atom. The van der Waals surface area contributed by atoms with Crippen molar-refractivity contribution in [2.45, 2.75) is 13.0 Å². The second kappa shape index (κ2) is 8.05. The summed E-state index contributed by atoms with van der Waals surface area (Å²) in [6, 6.07) is 7.19. The number of hydrogen-bond donors (Lipinski definition) is 0. The number of hydrogen-bond acceptors (Lipinski definition) is 5. The van der Waals surface area contributed by atoms with Crippen LogP contribution in [0, 0.1) is 5.82 Å². The fraction of sp³-hybridized carbons (Fsp3) is 0.188. The van der Waals surface area contributed by atoms with Gasteiger partial charge in [0.2, 0.25) is 5.89 Å². The first-order valence-corrected chi connectivity index (χ1v) is 9.37. The Morgan fingerprint density at radius 1 is 1.26 bits per heavy atom. The molecule has 142 valence electrons. The van der Waals surface area contributed by atoms with E-state index in [0.717, 1.165) is 0 Å². The zero-order chi connectivity index (χ0) is 19.6. The molecule has 0 radical (unpaired) electrons. The molecule has 3 rings (SSSR count). The maximum Gasteiger partial charge on any atom is 0.314 e. The molecule has 1 atom stereocenters. The minimum atomic E-state index is -2.85. The van der Waals surface area contributed by atoms with Crippen LogP contribution in [-0.2, 0) is 17.5 Å². The van der Waals surface area contributed by atoms with Crippen molar-refractivity contribution >= 4 is 28.3 Å². The Morgan fingerprint density at radius 3 is 2.59 bits per heavy atom. The van der Waals surface area contributed by atoms with Gasteiger partial charge in [-0.3, -0.25) is 9.29 Å². The van der Waals surface area contributed by atoms with Gasteiger partial charge in [0.25, 0.3) is 5.89 Å². The van der Waals surface area contributed by atoms with Crippen LogP contribution < -0.4 is 4.31 Å². The summed E-state index contributed by atoms with van der Waals surface area (Å²) in [4.78, 5) is 4.20. The Hall–Kier alpha value is -2.46. The Bertz CT molecular complexity index is 969. The van der Waals surface area contributed by atoms with Crippen LogP contribution in [0.15, 0.2) is 40.9 Å². The van der Waals surface area contributed by atoms with Gasteiger partial charge in [-0.15, -0.1) is 10.2 Å². The highest BCUT2D eigenvalue weighted by atomic mass is 35.5. The van der Waals surface area contributed by atoms with Crippen molar-refractivity contribution in [3.63, 3.8) is 0 Å². The first-order valence-electron chi connectivity index (χ1n) is 7.48. The molecule has 1 unspecified atom stereocenters. The van der Waals surface area contributed by atoms with E-state index in [-0.39, 0.29) is 17.5 Å². The van der Waals surface area contributed by atoms with Crippen molar-refractivity contribution in [2.24, 2.45) is 0 Å². The molecular weight excluding hydrogens is 405 g/mol. The van der Waals surface area contributed by atoms with E-state index >= 15 is 0 Å². The van der Waals surface area contributed by atoms with Gasteiger partial charge in [-0.05, 0) is 30.3 Å². The lowest BCUT2D eigenvalue weighted by atomic mass is 10.2. The standard InChI is InChI=1S/C16H12ClF3N4O2S/c1-27(25)24(11-4-5-13(18)12(17)6-11)8-10-3-2-9(7-21-10)15-22-23-16(26-15)14(19)20/h2-7,14H,8H2,1H3. The first-order chi connectivity index (χ1) is 12.8. The molecule has 0 aliphatic rings. The number of halogens is 4. The van der Waals surface area contributed by atoms with Crippen molar-refractivity contribution in [2.75, 3.05) is 10.6 Å². The number of rotatable bonds is 6. The van der Waals surface area contributed by atoms with Gasteiger partial charge in [-0.1, -0.05) is 11.6 Å². The molecule has 2 aromatic heterocycles. The summed E-state index contributed by atoms with van der Waals surface area (Å²) in [5.74, 6) is -1.42. The highest BCUT2D eigenvalue weighted by Crippen LogP contribution is 2.26. The van der Waals surface area contributed by atoms with E-state index in [1.54, 1.807) is 12.1 Å². The first kappa shape index (κ1) is 19.3. The maximum absolute atomic E-state index is 13.3. The molecule has 1 aromatic carbocycles. The molecule has 0 fully saturated rings. The van der Waals surface area contributed by atoms with Gasteiger partial charge in [0, 0.05) is 12.5 Å². The number of pyridine rings is 1. The molecular formula is C16H12ClF3N4O2S. The normalized spacial score (nSPS) is 12.4. The number of nitrogens with zero attached hydrogens (tertiary/aromatic N) is 4. The van der Waals surface area contributed by atoms with Gasteiger partial charge >= 0.3 is 6.43 Å². The molecule has 2 heterocycles. The van der Waals surface area contributed by atoms with Crippen molar-refractivity contribution in [3.05, 3.63) is 59.0 Å². The summed E-state index contributed by atoms with van der Waals surface area (Å²) in [6.45, 7) is 0.150. The SMILES string of the molecule is CS(=O)N(Cc1ccc(-c2nnc(C(F)F)o2)cn1)c1ccc(F)c(Cl)c1. The third-order valence-electron chi connectivity index (χ3n) is 3.51. The van der Waals surface area contributed by atoms with Crippen LogP contribution in [0.1, 0.15) is 18.0 Å². The summed E-state index contributed by atoms with van der Waals surface area (Å²) in [5.41, 5.74) is 1.36. The number of benzene rings is 1. The highest BCUT2D eigenvalue weighted by Gasteiger charge is 2.18. The van der Waals surface area contributed by atoms with Crippen LogP contribution >= 0.6 is 11.6 Å². The third-order valence-corrected chi connectivity index (χ3v) is 4.76. The summed E-state index contributed by atoms with van der Waals surface area (Å²) in [5, 5.41) is 6.72. The minimum absolute atomic E-state index is 0.0782. The molecule has 0 N–H and O–H groups in total. The smallest absolute Gasteiger partial charge is 0.314 e. The van der Waals surface area contributed by atoms with Crippen LogP contribution in [0.25, 0.3) is 11.5 Å². The van der Waals surface area contributed by atoms with E-state index < -0.39 is 29.1 Å². The Labute approximate surface area is 159 Å². The van der Waals surface area contributed by atoms with Gasteiger partial charge in [0.05, 0.1) is 28.5 Å². The summed E-state index contributed by atoms with van der Waals surface area (Å²) in [6.07, 6.45) is -0.00304. The zero-order valence-corrected chi connectivity index (χ0v) is 15.3. The zero-order valence-electron chi connectivity index (χ0n) is 13.8. The second-order valence-corrected chi connectivity index (χ2v) is 7.04. The van der Waals surface area contributed by atoms with Crippen molar-refractivity contribution in [3.8, 4) is 11.5 Å². The van der Waals surface area contributed by atoms with E-state index in [2.05, 4.69) is 15.2 Å². The summed E-state index contributed by atoms with van der Waals surface area (Å²) < 4.78 is 56.8. The van der Waals surface area contributed by atoms with E-state index in [0.29, 0.717) is 16.9 Å². The van der Waals surface area contributed by atoms with Crippen molar-refractivity contribution in [1.29, 1.82) is 0 Å². The number of alkyl halides is 2. The van der Waals surface area contributed by atoms with Gasteiger partial charge < -0.3 is 4.42 Å². The fourth-order valence-corrected chi connectivity index (χ4v) is 3.10. The average Bonchev–Trinajstić information content (AvgIpc) is 3.13. The highest BCUT2D eigenvalue weighted by molar-refractivity contribution is 7.85. The molecule has 11 heteroatoms. The third kappa shape index (κ3) is 4.45. The van der Waals surface area contributed by atoms with E-state index in [9.17, 15) is 17.4 Å². The van der Waals surface area contributed by atoms with E-state index in [4.69, 9.17) is 16.0 Å². The van der Waals surface area contributed by atoms with Crippen LogP contribution in [0.5, 0.6) is 0 Å². The Balaban J connectivity index is 1.80. The fourth-order valence-electron chi connectivity index (χ4n) is 2.20. The average molecular weight is 417 g/mol. The van der Waals surface area contributed by atoms with Gasteiger partial charge in [-0.25, -0.2) is 8.60 Å². The summed E-state index contributed by atoms with van der Waals surface area (Å²) >= 11 is 5.79. The van der Waals surface area contributed by atoms with E-state index in [1.807, 2.05) is 0 Å². The molecule has 0 spiro atoms. The minimum Gasteiger partial charge on any atom is -0.415 e. The lowest BCUT2D eigenvalue weighted by molar-refractivity contribution is 0.116. The molecule has 0 saturated heterocycles. The van der Waals surface area contributed by atoms with Crippen LogP contribution in [0.4, 0.5) is 18.9 Å². The lowest BCUT2D eigenvalue weighted by Gasteiger charge is -2.21. The van der Waals surface area contributed by atoms with Crippen molar-refractivity contribution < 1.29 is 21.8 Å². The number of anilines is 1. The largest absolute Gasteiger partial charge is 0.415 e. The molecule has 3 aromatic rings. The van der Waals surface area contributed by atoms with Gasteiger partial charge in [0.1, 0.15) is 16.8 Å². The predicted molar refractivity (Wildman–Crippen MR) is 94.1 cm³/mol. The lowest BCUT2D eigenvalue weighted by Crippen LogP contribution is -2.24. The van der Waals surface area contributed by atoms with Crippen LogP contribution in [-0.4, -0.2) is 25.6 Å². The van der Waals surface area contributed by atoms with E-state index in [1.165, 1.54) is 35.0 Å². The predicted octanol–water partition coefficient (Wildman–Crippen LogP) is 4.16. The maximum atomic E-state index is 13.3. The monoisotopic (exact) mass is 416 g/mol. The van der Waals surface area contributed by atoms with Gasteiger partial charge in [-0.2, -0.15) is 8.78 Å². The van der Waals surface area contributed by atoms with Gasteiger partial charge in [0.15, 0.2) is 0 Å². The Kier molecular flexibility index (Phi) is 5.76. The quantitative estimate of drug-likeness (QED) is 0.603. The van der Waals surface area contributed by atoms with Crippen LogP contribution in [0.3, 0.4) is 0 Å². The molecule has 6 nitrogen and oxygen atoms in total. The van der Waals surface area contributed by atoms with Crippen LogP contribution in [0.2, 0.25) is 5.02 Å².